The molecule has 0 bridgehead atoms. The average molecular weight is 425 g/mol. The molecule has 1 heterocycles. The van der Waals surface area contributed by atoms with Crippen LogP contribution in [0.25, 0.3) is 15.8 Å². The van der Waals surface area contributed by atoms with Gasteiger partial charge in [0.15, 0.2) is 5.70 Å². The van der Waals surface area contributed by atoms with E-state index in [-0.39, 0.29) is 22.7 Å². The van der Waals surface area contributed by atoms with E-state index in [0.717, 1.165) is 18.2 Å². The minimum atomic E-state index is -4.75. The van der Waals surface area contributed by atoms with Crippen LogP contribution < -0.4 is 4.90 Å². The van der Waals surface area contributed by atoms with Crippen LogP contribution in [0.4, 0.5) is 18.9 Å². The van der Waals surface area contributed by atoms with Gasteiger partial charge in [-0.25, -0.2) is 9.69 Å². The van der Waals surface area contributed by atoms with Crippen molar-refractivity contribution in [1.82, 2.24) is 0 Å². The largest absolute Gasteiger partial charge is 0.497 e. The maximum absolute atomic E-state index is 13.7. The zero-order chi connectivity index (χ0) is 23.2. The monoisotopic (exact) mass is 425 g/mol. The first kappa shape index (κ1) is 23.6. The average Bonchev–Trinajstić information content (AvgIpc) is 3.03. The number of alkyl halides is 3. The van der Waals surface area contributed by atoms with Crippen LogP contribution in [0.1, 0.15) is 19.4 Å². The van der Waals surface area contributed by atoms with Crippen LogP contribution in [0.15, 0.2) is 77.4 Å². The lowest BCUT2D eigenvalue weighted by molar-refractivity contribution is -0.236. The molecule has 0 saturated carbocycles. The van der Waals surface area contributed by atoms with Gasteiger partial charge in [-0.15, -0.1) is 0 Å². The molecule has 1 aromatic carbocycles. The van der Waals surface area contributed by atoms with Crippen molar-refractivity contribution >= 4 is 11.8 Å². The highest BCUT2D eigenvalue weighted by atomic mass is 19.4. The molecule has 0 fully saturated rings. The predicted molar refractivity (Wildman–Crippen MR) is 117 cm³/mol. The van der Waals surface area contributed by atoms with Crippen LogP contribution in [0.5, 0.6) is 0 Å². The molecular weight excluding hydrogens is 403 g/mol. The minimum absolute atomic E-state index is 0.0939. The minimum Gasteiger partial charge on any atom is -0.497 e. The van der Waals surface area contributed by atoms with Gasteiger partial charge in [-0.2, -0.15) is 13.2 Å². The lowest BCUT2D eigenvalue weighted by Crippen LogP contribution is -2.43. The molecule has 0 saturated heterocycles. The summed E-state index contributed by atoms with van der Waals surface area (Å²) in [6.07, 6.45) is 4.75. The number of nitrogens with zero attached hydrogens (tertiary/aromatic N) is 3. The van der Waals surface area contributed by atoms with Gasteiger partial charge in [0.1, 0.15) is 5.76 Å². The molecule has 0 radical (unpaired) electrons. The van der Waals surface area contributed by atoms with Gasteiger partial charge in [-0.05, 0) is 31.5 Å². The molecule has 1 aromatic rings. The van der Waals surface area contributed by atoms with Crippen LogP contribution in [0.3, 0.4) is 0 Å². The summed E-state index contributed by atoms with van der Waals surface area (Å²) in [5.41, 5.74) is -1.34. The molecule has 1 aliphatic heterocycles. The van der Waals surface area contributed by atoms with Gasteiger partial charge in [-0.3, -0.25) is 0 Å². The Morgan fingerprint density at radius 2 is 1.61 bits per heavy atom. The molecule has 1 unspecified atom stereocenters. The molecule has 0 aliphatic carbocycles. The SMILES string of the molecule is [C-]#[N+]C1=C(/C=C/C=C/C=C/c2ccc(N(C)C)cc2)C(C)(C(F)(F)F)O/C1=C(\C)[N+]#[C-]. The zero-order valence-corrected chi connectivity index (χ0v) is 17.7. The van der Waals surface area contributed by atoms with Gasteiger partial charge >= 0.3 is 6.18 Å². The number of benzene rings is 1. The lowest BCUT2D eigenvalue weighted by Gasteiger charge is -2.30. The summed E-state index contributed by atoms with van der Waals surface area (Å²) >= 11 is 0. The molecule has 2 rings (SSSR count). The topological polar surface area (TPSA) is 21.2 Å². The van der Waals surface area contributed by atoms with Crippen LogP contribution in [-0.4, -0.2) is 25.9 Å². The van der Waals surface area contributed by atoms with Gasteiger partial charge in [0.05, 0.1) is 13.1 Å². The number of hydrogen-bond donors (Lipinski definition) is 0. The van der Waals surface area contributed by atoms with E-state index in [1.807, 2.05) is 49.3 Å². The molecule has 1 atom stereocenters. The third kappa shape index (κ3) is 5.07. The van der Waals surface area contributed by atoms with E-state index < -0.39 is 11.8 Å². The second kappa shape index (κ2) is 9.40. The number of ether oxygens (including phenoxy) is 1. The van der Waals surface area contributed by atoms with Gasteiger partial charge in [0, 0.05) is 25.4 Å². The van der Waals surface area contributed by atoms with E-state index in [1.54, 1.807) is 18.2 Å². The summed E-state index contributed by atoms with van der Waals surface area (Å²) in [4.78, 5) is 8.33. The van der Waals surface area contributed by atoms with Crippen molar-refractivity contribution in [3.8, 4) is 0 Å². The summed E-state index contributed by atoms with van der Waals surface area (Å²) < 4.78 is 46.2. The van der Waals surface area contributed by atoms with E-state index >= 15 is 0 Å². The molecular formula is C24H22F3N3O. The van der Waals surface area contributed by atoms with Crippen molar-refractivity contribution in [2.45, 2.75) is 25.6 Å². The van der Waals surface area contributed by atoms with Crippen LogP contribution in [-0.2, 0) is 4.74 Å². The second-order valence-electron chi connectivity index (χ2n) is 7.12. The molecule has 0 amide bonds. The Hall–Kier alpha value is -3.71. The zero-order valence-electron chi connectivity index (χ0n) is 17.7. The normalized spacial score (nSPS) is 20.9. The van der Waals surface area contributed by atoms with E-state index in [2.05, 4.69) is 9.69 Å². The summed E-state index contributed by atoms with van der Waals surface area (Å²) in [7, 11) is 3.91. The highest BCUT2D eigenvalue weighted by Crippen LogP contribution is 2.49. The maximum Gasteiger partial charge on any atom is 0.430 e. The fourth-order valence-electron chi connectivity index (χ4n) is 2.84. The number of allylic oxidation sites excluding steroid dienone is 5. The van der Waals surface area contributed by atoms with Crippen LogP contribution in [0, 0.1) is 13.1 Å². The maximum atomic E-state index is 13.7. The molecule has 160 valence electrons. The summed E-state index contributed by atoms with van der Waals surface area (Å²) in [6, 6.07) is 7.88. The Morgan fingerprint density at radius 1 is 1.03 bits per heavy atom. The van der Waals surface area contributed by atoms with Gasteiger partial charge in [0.25, 0.3) is 0 Å². The van der Waals surface area contributed by atoms with E-state index in [0.29, 0.717) is 0 Å². The van der Waals surface area contributed by atoms with Gasteiger partial charge in [0.2, 0.25) is 11.3 Å². The number of anilines is 1. The third-order valence-electron chi connectivity index (χ3n) is 4.73. The predicted octanol–water partition coefficient (Wildman–Crippen LogP) is 6.55. The molecule has 7 heteroatoms. The Labute approximate surface area is 180 Å². The van der Waals surface area contributed by atoms with E-state index in [4.69, 9.17) is 17.9 Å². The smallest absolute Gasteiger partial charge is 0.430 e. The lowest BCUT2D eigenvalue weighted by atomic mass is 9.94. The molecule has 4 nitrogen and oxygen atoms in total. The standard InChI is InChI=1S/C24H22F3N3O/c1-17(28-3)22-21(29-4)20(23(2,31-22)24(25,26)27)12-10-8-7-9-11-18-13-15-19(16-14-18)30(5)6/h7-16H,1-2,5-6H3/b8-7+,11-9+,12-10+,22-17+. The fraction of sp³-hybridized carbons (Fsp3) is 0.250. The molecule has 0 aromatic heterocycles. The molecule has 0 N–H and O–H groups in total. The number of rotatable bonds is 5. The summed E-state index contributed by atoms with van der Waals surface area (Å²) in [6.45, 7) is 16.5. The first-order chi connectivity index (χ1) is 14.5. The van der Waals surface area contributed by atoms with Crippen molar-refractivity contribution in [3.05, 3.63) is 106 Å². The van der Waals surface area contributed by atoms with Crippen molar-refractivity contribution in [3.63, 3.8) is 0 Å². The first-order valence-electron chi connectivity index (χ1n) is 9.30. The highest BCUT2D eigenvalue weighted by molar-refractivity contribution is 5.57. The van der Waals surface area contributed by atoms with Crippen molar-refractivity contribution in [2.24, 2.45) is 0 Å². The molecule has 1 aliphatic rings. The summed E-state index contributed by atoms with van der Waals surface area (Å²) in [5.74, 6) is -0.325. The number of hydrogen-bond acceptors (Lipinski definition) is 2. The van der Waals surface area contributed by atoms with Crippen molar-refractivity contribution in [1.29, 1.82) is 0 Å². The Kier molecular flexibility index (Phi) is 7.15. The van der Waals surface area contributed by atoms with Crippen LogP contribution >= 0.6 is 0 Å². The highest BCUT2D eigenvalue weighted by Gasteiger charge is 2.60. The Balaban J connectivity index is 2.26. The number of halogens is 3. The quantitative estimate of drug-likeness (QED) is 0.394. The second-order valence-corrected chi connectivity index (χ2v) is 7.12. The Morgan fingerprint density at radius 3 is 2.10 bits per heavy atom. The summed E-state index contributed by atoms with van der Waals surface area (Å²) in [5, 5.41) is 0. The first-order valence-corrected chi connectivity index (χ1v) is 9.30. The van der Waals surface area contributed by atoms with Crippen LogP contribution in [0.2, 0.25) is 0 Å². The van der Waals surface area contributed by atoms with Crippen molar-refractivity contribution < 1.29 is 17.9 Å². The molecule has 0 spiro atoms. The van der Waals surface area contributed by atoms with E-state index in [1.165, 1.54) is 19.1 Å². The third-order valence-corrected chi connectivity index (χ3v) is 4.73. The fourth-order valence-corrected chi connectivity index (χ4v) is 2.84. The van der Waals surface area contributed by atoms with Crippen molar-refractivity contribution in [2.75, 3.05) is 19.0 Å². The van der Waals surface area contributed by atoms with E-state index in [9.17, 15) is 13.2 Å². The Bertz CT molecular complexity index is 1060. The van der Waals surface area contributed by atoms with Gasteiger partial charge in [-0.1, -0.05) is 48.6 Å². The molecule has 31 heavy (non-hydrogen) atoms. The van der Waals surface area contributed by atoms with Gasteiger partial charge < -0.3 is 9.64 Å².